The predicted molar refractivity (Wildman–Crippen MR) is 65.4 cm³/mol. The van der Waals surface area contributed by atoms with Crippen molar-refractivity contribution in [2.45, 2.75) is 44.6 Å². The van der Waals surface area contributed by atoms with Crippen LogP contribution in [0.25, 0.3) is 0 Å². The molecule has 0 saturated carbocycles. The minimum absolute atomic E-state index is 0.529. The molecule has 1 unspecified atom stereocenters. The summed E-state index contributed by atoms with van der Waals surface area (Å²) in [6.45, 7) is 2.64. The molecule has 0 aromatic heterocycles. The molecule has 1 aliphatic rings. The Balaban J connectivity index is 2.40. The monoisotopic (exact) mass is 239 g/mol. The molecule has 0 fully saturated rings. The van der Waals surface area contributed by atoms with E-state index in [4.69, 9.17) is 0 Å². The third kappa shape index (κ3) is 2.21. The highest BCUT2D eigenvalue weighted by Crippen LogP contribution is 2.39. The van der Waals surface area contributed by atoms with Crippen LogP contribution in [0.4, 0.5) is 8.78 Å². The molecule has 1 N–H and O–H groups in total. The Hall–Kier alpha value is -0.960. The highest BCUT2D eigenvalue weighted by molar-refractivity contribution is 5.37. The maximum absolute atomic E-state index is 13.5. The molecule has 0 bridgehead atoms. The molecule has 3 heteroatoms. The second-order valence-electron chi connectivity index (χ2n) is 4.71. The molecule has 1 atom stereocenters. The quantitative estimate of drug-likeness (QED) is 0.848. The third-order valence-electron chi connectivity index (χ3n) is 3.58. The highest BCUT2D eigenvalue weighted by atomic mass is 19.3. The number of benzene rings is 1. The average Bonchev–Trinajstić information content (AvgIpc) is 2.36. The van der Waals surface area contributed by atoms with Crippen molar-refractivity contribution in [1.29, 1.82) is 0 Å². The van der Waals surface area contributed by atoms with Crippen molar-refractivity contribution in [3.05, 3.63) is 35.4 Å². The van der Waals surface area contributed by atoms with Gasteiger partial charge in [-0.25, -0.2) is 8.78 Å². The van der Waals surface area contributed by atoms with E-state index < -0.39 is 12.0 Å². The van der Waals surface area contributed by atoms with E-state index in [0.29, 0.717) is 13.0 Å². The Morgan fingerprint density at radius 3 is 2.82 bits per heavy atom. The number of hydrogen-bond donors (Lipinski definition) is 1. The van der Waals surface area contributed by atoms with E-state index in [1.165, 1.54) is 0 Å². The van der Waals surface area contributed by atoms with Gasteiger partial charge >= 0.3 is 0 Å². The lowest BCUT2D eigenvalue weighted by molar-refractivity contribution is 0.0162. The average molecular weight is 239 g/mol. The topological polar surface area (TPSA) is 12.0 Å². The van der Waals surface area contributed by atoms with Crippen molar-refractivity contribution < 1.29 is 8.78 Å². The van der Waals surface area contributed by atoms with E-state index in [9.17, 15) is 8.78 Å². The summed E-state index contributed by atoms with van der Waals surface area (Å²) in [7, 11) is 0. The molecule has 0 spiro atoms. The number of hydrogen-bond acceptors (Lipinski definition) is 1. The van der Waals surface area contributed by atoms with E-state index in [-0.39, 0.29) is 0 Å². The lowest BCUT2D eigenvalue weighted by atomic mass is 9.76. The van der Waals surface area contributed by atoms with Crippen molar-refractivity contribution in [1.82, 2.24) is 5.32 Å². The number of halogens is 2. The summed E-state index contributed by atoms with van der Waals surface area (Å²) in [6, 6.07) is 7.61. The minimum atomic E-state index is -2.35. The van der Waals surface area contributed by atoms with Gasteiger partial charge in [-0.1, -0.05) is 31.2 Å². The highest BCUT2D eigenvalue weighted by Gasteiger charge is 2.43. The molecule has 1 aromatic carbocycles. The lowest BCUT2D eigenvalue weighted by Gasteiger charge is -2.39. The first-order valence-electron chi connectivity index (χ1n) is 6.32. The molecule has 0 saturated heterocycles. The second kappa shape index (κ2) is 5.13. The van der Waals surface area contributed by atoms with Crippen LogP contribution in [0.15, 0.2) is 24.3 Å². The van der Waals surface area contributed by atoms with Crippen LogP contribution in [-0.4, -0.2) is 13.0 Å². The molecule has 1 aliphatic carbocycles. The Kier molecular flexibility index (Phi) is 3.77. The second-order valence-corrected chi connectivity index (χ2v) is 4.71. The fourth-order valence-corrected chi connectivity index (χ4v) is 2.70. The fourth-order valence-electron chi connectivity index (χ4n) is 2.70. The van der Waals surface area contributed by atoms with E-state index in [1.54, 1.807) is 0 Å². The van der Waals surface area contributed by atoms with Crippen molar-refractivity contribution in [3.8, 4) is 0 Å². The van der Waals surface area contributed by atoms with Gasteiger partial charge < -0.3 is 5.32 Å². The zero-order valence-corrected chi connectivity index (χ0v) is 10.2. The summed E-state index contributed by atoms with van der Waals surface area (Å²) in [5.74, 6) is 0. The van der Waals surface area contributed by atoms with Crippen LogP contribution >= 0.6 is 0 Å². The van der Waals surface area contributed by atoms with Gasteiger partial charge in [0, 0.05) is 0 Å². The molecule has 2 rings (SSSR count). The van der Waals surface area contributed by atoms with Crippen LogP contribution in [-0.2, 0) is 12.0 Å². The first-order valence-corrected chi connectivity index (χ1v) is 6.32. The first-order chi connectivity index (χ1) is 8.20. The lowest BCUT2D eigenvalue weighted by Crippen LogP contribution is -2.50. The summed E-state index contributed by atoms with van der Waals surface area (Å²) in [5.41, 5.74) is 0.752. The first kappa shape index (κ1) is 12.5. The van der Waals surface area contributed by atoms with Gasteiger partial charge in [-0.2, -0.15) is 0 Å². The summed E-state index contributed by atoms with van der Waals surface area (Å²) >= 11 is 0. The summed E-state index contributed by atoms with van der Waals surface area (Å²) in [4.78, 5) is 0. The SMILES string of the molecule is CCCNC1(C(F)F)CCCc2ccccc21. The van der Waals surface area contributed by atoms with Gasteiger partial charge in [-0.15, -0.1) is 0 Å². The van der Waals surface area contributed by atoms with Gasteiger partial charge in [0.15, 0.2) is 0 Å². The predicted octanol–water partition coefficient (Wildman–Crippen LogP) is 3.48. The van der Waals surface area contributed by atoms with Crippen LogP contribution in [0, 0.1) is 0 Å². The van der Waals surface area contributed by atoms with E-state index in [0.717, 1.165) is 30.4 Å². The molecule has 0 heterocycles. The van der Waals surface area contributed by atoms with Gasteiger partial charge in [-0.05, 0) is 43.4 Å². The van der Waals surface area contributed by atoms with Crippen LogP contribution in [0.5, 0.6) is 0 Å². The van der Waals surface area contributed by atoms with Crippen LogP contribution in [0.3, 0.4) is 0 Å². The fraction of sp³-hybridized carbons (Fsp3) is 0.571. The van der Waals surface area contributed by atoms with Crippen LogP contribution < -0.4 is 5.32 Å². The molecule has 1 aromatic rings. The molecule has 0 aliphatic heterocycles. The zero-order valence-electron chi connectivity index (χ0n) is 10.2. The molecule has 0 radical (unpaired) electrons. The molecule has 1 nitrogen and oxygen atoms in total. The summed E-state index contributed by atoms with van der Waals surface area (Å²) in [6.07, 6.45) is 0.796. The minimum Gasteiger partial charge on any atom is -0.303 e. The maximum Gasteiger partial charge on any atom is 0.260 e. The molecule has 17 heavy (non-hydrogen) atoms. The Morgan fingerprint density at radius 2 is 2.12 bits per heavy atom. The van der Waals surface area contributed by atoms with Gasteiger partial charge in [0.2, 0.25) is 0 Å². The van der Waals surface area contributed by atoms with Gasteiger partial charge in [0.25, 0.3) is 6.43 Å². The molecular weight excluding hydrogens is 220 g/mol. The smallest absolute Gasteiger partial charge is 0.260 e. The van der Waals surface area contributed by atoms with Gasteiger partial charge in [0.1, 0.15) is 5.54 Å². The maximum atomic E-state index is 13.5. The van der Waals surface area contributed by atoms with Crippen molar-refractivity contribution >= 4 is 0 Å². The Morgan fingerprint density at radius 1 is 1.35 bits per heavy atom. The van der Waals surface area contributed by atoms with Crippen LogP contribution in [0.2, 0.25) is 0 Å². The Labute approximate surface area is 101 Å². The number of alkyl halides is 2. The van der Waals surface area contributed by atoms with Crippen LogP contribution in [0.1, 0.15) is 37.3 Å². The molecule has 0 amide bonds. The van der Waals surface area contributed by atoms with E-state index in [1.807, 2.05) is 31.2 Å². The molecule has 94 valence electrons. The van der Waals surface area contributed by atoms with Crippen molar-refractivity contribution in [3.63, 3.8) is 0 Å². The number of aryl methyl sites for hydroxylation is 1. The number of nitrogens with one attached hydrogen (secondary N) is 1. The zero-order chi connectivity index (χ0) is 12.3. The standard InChI is InChI=1S/C14H19F2N/c1-2-10-17-14(13(15)16)9-5-7-11-6-3-4-8-12(11)14/h3-4,6,8,13,17H,2,5,7,9-10H2,1H3. The summed E-state index contributed by atoms with van der Waals surface area (Å²) < 4.78 is 27.0. The number of fused-ring (bicyclic) bond motifs is 1. The van der Waals surface area contributed by atoms with Gasteiger partial charge in [-0.3, -0.25) is 0 Å². The van der Waals surface area contributed by atoms with Crippen molar-refractivity contribution in [2.24, 2.45) is 0 Å². The van der Waals surface area contributed by atoms with Gasteiger partial charge in [0.05, 0.1) is 0 Å². The van der Waals surface area contributed by atoms with E-state index in [2.05, 4.69) is 5.32 Å². The number of rotatable bonds is 4. The van der Waals surface area contributed by atoms with E-state index >= 15 is 0 Å². The van der Waals surface area contributed by atoms with Crippen molar-refractivity contribution in [2.75, 3.05) is 6.54 Å². The largest absolute Gasteiger partial charge is 0.303 e. The molecular formula is C14H19F2N. The summed E-state index contributed by atoms with van der Waals surface area (Å²) in [5, 5.41) is 3.09. The Bertz CT molecular complexity index is 378. The normalized spacial score (nSPS) is 23.8. The third-order valence-corrected chi connectivity index (χ3v) is 3.58.